The molecule has 7 heteroatoms. The van der Waals surface area contributed by atoms with Crippen LogP contribution in [0, 0.1) is 18.0 Å². The molecule has 1 aliphatic rings. The highest BCUT2D eigenvalue weighted by Gasteiger charge is 2.40. The Labute approximate surface area is 183 Å². The summed E-state index contributed by atoms with van der Waals surface area (Å²) in [6.07, 6.45) is 3.78. The van der Waals surface area contributed by atoms with Gasteiger partial charge in [-0.3, -0.25) is 19.3 Å². The third-order valence-electron chi connectivity index (χ3n) is 5.80. The highest BCUT2D eigenvalue weighted by Crippen LogP contribution is 2.38. The van der Waals surface area contributed by atoms with Crippen LogP contribution in [0.2, 0.25) is 0 Å². The number of carbonyl (C=O) groups excluding carboxylic acids is 2. The summed E-state index contributed by atoms with van der Waals surface area (Å²) in [7, 11) is 1.63. The fourth-order valence-electron chi connectivity index (χ4n) is 4.11. The molecule has 0 spiro atoms. The lowest BCUT2D eigenvalue weighted by Crippen LogP contribution is -2.57. The van der Waals surface area contributed by atoms with Crippen molar-refractivity contribution in [3.63, 3.8) is 0 Å². The van der Waals surface area contributed by atoms with Crippen LogP contribution in [0.4, 0.5) is 10.5 Å². The molecule has 1 aromatic carbocycles. The maximum absolute atomic E-state index is 13.6. The minimum atomic E-state index is -0.988. The number of hydrogen-bond donors (Lipinski definition) is 0. The van der Waals surface area contributed by atoms with Crippen LogP contribution in [0.25, 0.3) is 11.3 Å². The van der Waals surface area contributed by atoms with Crippen LogP contribution in [0.1, 0.15) is 43.4 Å². The number of hydrogen-bond acceptors (Lipinski definition) is 5. The molecule has 2 aromatic rings. The fourth-order valence-corrected chi connectivity index (χ4v) is 4.11. The molecule has 3 rings (SSSR count). The van der Waals surface area contributed by atoms with Crippen LogP contribution in [0.3, 0.4) is 0 Å². The van der Waals surface area contributed by atoms with Crippen molar-refractivity contribution in [2.24, 2.45) is 5.92 Å². The van der Waals surface area contributed by atoms with E-state index >= 15 is 0 Å². The lowest BCUT2D eigenvalue weighted by Gasteiger charge is -2.46. The monoisotopic (exact) mass is 425 g/mol. The topological polar surface area (TPSA) is 82.6 Å². The number of urea groups is 1. The molecule has 0 radical (unpaired) electrons. The van der Waals surface area contributed by atoms with Gasteiger partial charge in [0.15, 0.2) is 0 Å². The summed E-state index contributed by atoms with van der Waals surface area (Å²) in [6, 6.07) is 7.67. The van der Waals surface area contributed by atoms with Gasteiger partial charge in [0.2, 0.25) is 0 Å². The van der Waals surface area contributed by atoms with Crippen molar-refractivity contribution in [3.8, 4) is 11.3 Å². The summed E-state index contributed by atoms with van der Waals surface area (Å²) in [5, 5.41) is 13.6. The van der Waals surface area contributed by atoms with Crippen LogP contribution in [-0.4, -0.2) is 42.3 Å². The minimum absolute atomic E-state index is 0.0577. The molecule has 2 amide bonds. The highest BCUT2D eigenvalue weighted by molar-refractivity contribution is 5.90. The molecule has 0 N–H and O–H groups in total. The number of aryl methyl sites for hydroxylation is 1. The molecule has 0 bridgehead atoms. The molecule has 0 saturated carbocycles. The first-order chi connectivity index (χ1) is 14.8. The number of pyridine rings is 1. The van der Waals surface area contributed by atoms with Gasteiger partial charge in [-0.1, -0.05) is 37.6 Å². The normalized spacial score (nSPS) is 18.3. The van der Waals surface area contributed by atoms with Crippen LogP contribution >= 0.6 is 0 Å². The zero-order chi connectivity index (χ0) is 22.6. The number of amides is 2. The SMILES string of the molecule is Cc1cccc(-c2ncc3c(c2CCC(C)C)C[N+]([O-])(CCCOC=O)C(=O)N3C)c1. The second-order valence-electron chi connectivity index (χ2n) is 8.68. The standard InChI is InChI=1S/C24H31N3O4/c1-17(2)9-10-20-21-15-27(30,11-6-12-31-16-28)24(29)26(4)22(21)14-25-23(20)19-8-5-7-18(3)13-19/h5,7-8,13-14,16-17H,6,9-12,15H2,1-4H3. The number of anilines is 1. The van der Waals surface area contributed by atoms with Crippen LogP contribution in [0.5, 0.6) is 0 Å². The van der Waals surface area contributed by atoms with Gasteiger partial charge in [-0.2, -0.15) is 0 Å². The van der Waals surface area contributed by atoms with Crippen LogP contribution in [0.15, 0.2) is 30.5 Å². The molecule has 1 aromatic heterocycles. The zero-order valence-corrected chi connectivity index (χ0v) is 18.8. The Kier molecular flexibility index (Phi) is 7.08. The molecule has 166 valence electrons. The average Bonchev–Trinajstić information content (AvgIpc) is 2.73. The lowest BCUT2D eigenvalue weighted by atomic mass is 9.91. The van der Waals surface area contributed by atoms with Gasteiger partial charge in [-0.05, 0) is 37.3 Å². The number of fused-ring (bicyclic) bond motifs is 1. The highest BCUT2D eigenvalue weighted by atomic mass is 16.6. The lowest BCUT2D eigenvalue weighted by molar-refractivity contribution is -0.813. The Bertz CT molecular complexity index is 960. The smallest absolute Gasteiger partial charge is 0.423 e. The van der Waals surface area contributed by atoms with Gasteiger partial charge in [0.1, 0.15) is 6.54 Å². The van der Waals surface area contributed by atoms with E-state index < -0.39 is 10.7 Å². The predicted molar refractivity (Wildman–Crippen MR) is 120 cm³/mol. The Morgan fingerprint density at radius 2 is 2.13 bits per heavy atom. The molecular formula is C24H31N3O4. The van der Waals surface area contributed by atoms with E-state index in [1.807, 2.05) is 25.1 Å². The van der Waals surface area contributed by atoms with Crippen molar-refractivity contribution in [2.75, 3.05) is 25.1 Å². The molecule has 2 heterocycles. The Morgan fingerprint density at radius 1 is 1.35 bits per heavy atom. The number of carbonyl (C=O) groups is 2. The number of aromatic nitrogens is 1. The van der Waals surface area contributed by atoms with Gasteiger partial charge in [0.05, 0.1) is 30.7 Å². The Morgan fingerprint density at radius 3 is 2.81 bits per heavy atom. The second kappa shape index (κ2) is 9.58. The first-order valence-electron chi connectivity index (χ1n) is 10.8. The largest absolute Gasteiger partial charge is 0.624 e. The van der Waals surface area contributed by atoms with E-state index in [0.717, 1.165) is 40.8 Å². The number of nitrogens with zero attached hydrogens (tertiary/aromatic N) is 3. The van der Waals surface area contributed by atoms with Crippen molar-refractivity contribution in [3.05, 3.63) is 52.4 Å². The van der Waals surface area contributed by atoms with E-state index in [1.54, 1.807) is 13.2 Å². The van der Waals surface area contributed by atoms with Crippen LogP contribution in [-0.2, 0) is 22.5 Å². The van der Waals surface area contributed by atoms with Gasteiger partial charge in [0, 0.05) is 24.6 Å². The van der Waals surface area contributed by atoms with Gasteiger partial charge >= 0.3 is 6.03 Å². The summed E-state index contributed by atoms with van der Waals surface area (Å²) in [5.41, 5.74) is 5.67. The average molecular weight is 426 g/mol. The first-order valence-corrected chi connectivity index (χ1v) is 10.8. The predicted octanol–water partition coefficient (Wildman–Crippen LogP) is 4.59. The summed E-state index contributed by atoms with van der Waals surface area (Å²) in [5.74, 6) is 0.496. The molecule has 1 unspecified atom stereocenters. The molecule has 1 aliphatic heterocycles. The molecule has 0 aliphatic carbocycles. The summed E-state index contributed by atoms with van der Waals surface area (Å²) < 4.78 is 3.73. The van der Waals surface area contributed by atoms with Crippen molar-refractivity contribution < 1.29 is 19.0 Å². The van der Waals surface area contributed by atoms with E-state index in [2.05, 4.69) is 19.9 Å². The number of hydroxylamine groups is 3. The maximum atomic E-state index is 13.6. The van der Waals surface area contributed by atoms with E-state index in [-0.39, 0.29) is 19.7 Å². The number of quaternary nitrogens is 1. The summed E-state index contributed by atoms with van der Waals surface area (Å²) in [4.78, 5) is 29.5. The van der Waals surface area contributed by atoms with E-state index in [9.17, 15) is 14.8 Å². The summed E-state index contributed by atoms with van der Waals surface area (Å²) in [6.45, 7) is 7.00. The molecular weight excluding hydrogens is 394 g/mol. The Hall–Kier alpha value is -2.77. The van der Waals surface area contributed by atoms with Gasteiger partial charge in [-0.25, -0.2) is 4.79 Å². The van der Waals surface area contributed by atoms with Crippen molar-refractivity contribution in [2.45, 2.75) is 46.6 Å². The van der Waals surface area contributed by atoms with Crippen LogP contribution < -0.4 is 4.90 Å². The summed E-state index contributed by atoms with van der Waals surface area (Å²) >= 11 is 0. The molecule has 7 nitrogen and oxygen atoms in total. The number of benzene rings is 1. The first kappa shape index (κ1) is 22.9. The molecule has 31 heavy (non-hydrogen) atoms. The van der Waals surface area contributed by atoms with Crippen molar-refractivity contribution >= 4 is 18.2 Å². The fraction of sp³-hybridized carbons (Fsp3) is 0.458. The van der Waals surface area contributed by atoms with Crippen molar-refractivity contribution in [1.82, 2.24) is 4.98 Å². The quantitative estimate of drug-likeness (QED) is 0.254. The van der Waals surface area contributed by atoms with Crippen molar-refractivity contribution in [1.29, 1.82) is 0 Å². The third-order valence-corrected chi connectivity index (χ3v) is 5.80. The van der Waals surface area contributed by atoms with Gasteiger partial charge in [-0.15, -0.1) is 0 Å². The number of ether oxygens (including phenoxy) is 1. The Balaban J connectivity index is 2.07. The van der Waals surface area contributed by atoms with Gasteiger partial charge in [0.25, 0.3) is 6.47 Å². The minimum Gasteiger partial charge on any atom is -0.624 e. The molecule has 0 fully saturated rings. The maximum Gasteiger partial charge on any atom is 0.423 e. The third kappa shape index (κ3) is 4.94. The molecule has 1 atom stereocenters. The second-order valence-corrected chi connectivity index (χ2v) is 8.68. The van der Waals surface area contributed by atoms with E-state index in [1.165, 1.54) is 4.90 Å². The van der Waals surface area contributed by atoms with Gasteiger partial charge < -0.3 is 9.94 Å². The molecule has 0 saturated heterocycles. The van der Waals surface area contributed by atoms with E-state index in [4.69, 9.17) is 9.72 Å². The zero-order valence-electron chi connectivity index (χ0n) is 18.8. The van der Waals surface area contributed by atoms with E-state index in [0.29, 0.717) is 24.5 Å². The number of rotatable bonds is 9.